The second-order valence-corrected chi connectivity index (χ2v) is 6.17. The maximum Gasteiger partial charge on any atom is 0.227 e. The van der Waals surface area contributed by atoms with Crippen molar-refractivity contribution in [2.24, 2.45) is 0 Å². The molecule has 1 aliphatic rings. The zero-order chi connectivity index (χ0) is 13.9. The normalized spacial score (nSPS) is 18.4. The molecule has 0 aromatic carbocycles. The van der Waals surface area contributed by atoms with Crippen LogP contribution in [0.25, 0.3) is 0 Å². The molecule has 1 fully saturated rings. The third-order valence-electron chi connectivity index (χ3n) is 3.63. The van der Waals surface area contributed by atoms with Gasteiger partial charge in [0, 0.05) is 35.8 Å². The van der Waals surface area contributed by atoms with Crippen molar-refractivity contribution in [1.82, 2.24) is 14.9 Å². The molecule has 20 heavy (non-hydrogen) atoms. The Bertz CT molecular complexity index is 597. The lowest BCUT2D eigenvalue weighted by Gasteiger charge is -2.15. The average molecular weight is 287 g/mol. The number of hydrogen-bond donors (Lipinski definition) is 0. The van der Waals surface area contributed by atoms with E-state index in [1.807, 2.05) is 35.4 Å². The smallest absolute Gasteiger partial charge is 0.227 e. The highest BCUT2D eigenvalue weighted by atomic mass is 32.1. The molecule has 0 unspecified atom stereocenters. The average Bonchev–Trinajstić information content (AvgIpc) is 3.09. The molecule has 3 rings (SSSR count). The molecular weight excluding hydrogens is 270 g/mol. The first-order valence-electron chi connectivity index (χ1n) is 6.82. The summed E-state index contributed by atoms with van der Waals surface area (Å²) in [5.74, 6) is 1.36. The van der Waals surface area contributed by atoms with Crippen molar-refractivity contribution < 1.29 is 4.79 Å². The van der Waals surface area contributed by atoms with E-state index in [9.17, 15) is 4.79 Å². The summed E-state index contributed by atoms with van der Waals surface area (Å²) in [4.78, 5) is 24.1. The van der Waals surface area contributed by atoms with Gasteiger partial charge in [0.05, 0.1) is 6.42 Å². The van der Waals surface area contributed by atoms with E-state index in [0.717, 1.165) is 35.9 Å². The minimum Gasteiger partial charge on any atom is -0.342 e. The molecule has 1 saturated heterocycles. The van der Waals surface area contributed by atoms with Gasteiger partial charge in [-0.1, -0.05) is 6.07 Å². The minimum atomic E-state index is 0.211. The van der Waals surface area contributed by atoms with Crippen LogP contribution in [0.5, 0.6) is 0 Å². The number of hydrogen-bond acceptors (Lipinski definition) is 4. The fourth-order valence-electron chi connectivity index (χ4n) is 2.54. The summed E-state index contributed by atoms with van der Waals surface area (Å²) < 4.78 is 0. The molecule has 1 amide bonds. The van der Waals surface area contributed by atoms with Crippen LogP contribution >= 0.6 is 11.3 Å². The Morgan fingerprint density at radius 1 is 1.50 bits per heavy atom. The van der Waals surface area contributed by atoms with Crippen LogP contribution in [0.3, 0.4) is 0 Å². The van der Waals surface area contributed by atoms with Crippen LogP contribution in [-0.4, -0.2) is 33.9 Å². The molecule has 1 atom stereocenters. The number of rotatable bonds is 3. The second-order valence-electron chi connectivity index (χ2n) is 5.14. The largest absolute Gasteiger partial charge is 0.342 e. The second kappa shape index (κ2) is 5.71. The van der Waals surface area contributed by atoms with Gasteiger partial charge in [-0.3, -0.25) is 4.79 Å². The van der Waals surface area contributed by atoms with Crippen molar-refractivity contribution in [3.8, 4) is 0 Å². The maximum absolute atomic E-state index is 12.2. The highest BCUT2D eigenvalue weighted by molar-refractivity contribution is 7.10. The quantitative estimate of drug-likeness (QED) is 0.871. The van der Waals surface area contributed by atoms with Gasteiger partial charge in [0.25, 0.3) is 0 Å². The summed E-state index contributed by atoms with van der Waals surface area (Å²) in [6, 6.07) is 5.90. The first-order valence-corrected chi connectivity index (χ1v) is 7.70. The summed E-state index contributed by atoms with van der Waals surface area (Å²) in [5, 5.41) is 2.01. The van der Waals surface area contributed by atoms with Gasteiger partial charge in [-0.25, -0.2) is 9.97 Å². The van der Waals surface area contributed by atoms with Gasteiger partial charge in [-0.05, 0) is 30.9 Å². The van der Waals surface area contributed by atoms with Crippen molar-refractivity contribution in [3.63, 3.8) is 0 Å². The number of carbonyl (C=O) groups is 1. The van der Waals surface area contributed by atoms with Crippen molar-refractivity contribution in [2.75, 3.05) is 13.1 Å². The predicted molar refractivity (Wildman–Crippen MR) is 78.7 cm³/mol. The fourth-order valence-corrected chi connectivity index (χ4v) is 3.23. The summed E-state index contributed by atoms with van der Waals surface area (Å²) >= 11 is 1.64. The molecule has 0 saturated carbocycles. The van der Waals surface area contributed by atoms with Gasteiger partial charge >= 0.3 is 0 Å². The molecule has 5 heteroatoms. The maximum atomic E-state index is 12.2. The van der Waals surface area contributed by atoms with E-state index in [1.165, 1.54) is 0 Å². The van der Waals surface area contributed by atoms with Gasteiger partial charge < -0.3 is 4.90 Å². The number of thiophene rings is 1. The summed E-state index contributed by atoms with van der Waals surface area (Å²) in [7, 11) is 0. The monoisotopic (exact) mass is 287 g/mol. The third kappa shape index (κ3) is 2.88. The molecule has 0 radical (unpaired) electrons. The number of likely N-dealkylation sites (tertiary alicyclic amines) is 1. The van der Waals surface area contributed by atoms with E-state index >= 15 is 0 Å². The molecule has 4 nitrogen and oxygen atoms in total. The number of amides is 1. The topological polar surface area (TPSA) is 46.1 Å². The Morgan fingerprint density at radius 3 is 3.15 bits per heavy atom. The van der Waals surface area contributed by atoms with Crippen LogP contribution in [-0.2, 0) is 11.2 Å². The molecule has 0 spiro atoms. The lowest BCUT2D eigenvalue weighted by molar-refractivity contribution is -0.129. The van der Waals surface area contributed by atoms with Crippen LogP contribution in [0, 0.1) is 6.92 Å². The van der Waals surface area contributed by atoms with Gasteiger partial charge in [-0.2, -0.15) is 0 Å². The van der Waals surface area contributed by atoms with Gasteiger partial charge in [0.2, 0.25) is 5.91 Å². The summed E-state index contributed by atoms with van der Waals surface area (Å²) in [6.07, 6.45) is 3.27. The van der Waals surface area contributed by atoms with E-state index < -0.39 is 0 Å². The molecule has 0 N–H and O–H groups in total. The standard InChI is InChI=1S/C15H17N3OS/c1-11-4-6-16-15(17-11)12-5-7-18(10-12)14(19)9-13-3-2-8-20-13/h2-4,6,8,12H,5,7,9-10H2,1H3/t12-/m0/s1. The van der Waals surface area contributed by atoms with Crippen molar-refractivity contribution in [1.29, 1.82) is 0 Å². The Labute approximate surface area is 122 Å². The fraction of sp³-hybridized carbons (Fsp3) is 0.400. The Morgan fingerprint density at radius 2 is 2.40 bits per heavy atom. The van der Waals surface area contributed by atoms with E-state index in [4.69, 9.17) is 0 Å². The zero-order valence-corrected chi connectivity index (χ0v) is 12.3. The molecule has 2 aromatic rings. The Balaban J connectivity index is 1.63. The van der Waals surface area contributed by atoms with Crippen molar-refractivity contribution >= 4 is 17.2 Å². The predicted octanol–water partition coefficient (Wildman–Crippen LogP) is 2.41. The van der Waals surface area contributed by atoms with Crippen molar-refractivity contribution in [3.05, 3.63) is 46.2 Å². The van der Waals surface area contributed by atoms with Crippen LogP contribution in [0.15, 0.2) is 29.8 Å². The zero-order valence-electron chi connectivity index (χ0n) is 11.5. The van der Waals surface area contributed by atoms with E-state index in [0.29, 0.717) is 6.42 Å². The first-order chi connectivity index (χ1) is 9.72. The molecule has 0 aliphatic carbocycles. The molecule has 3 heterocycles. The third-order valence-corrected chi connectivity index (χ3v) is 4.50. The van der Waals surface area contributed by atoms with Gasteiger partial charge in [-0.15, -0.1) is 11.3 Å². The van der Waals surface area contributed by atoms with Crippen LogP contribution in [0.4, 0.5) is 0 Å². The SMILES string of the molecule is Cc1ccnc([C@H]2CCN(C(=O)Cc3cccs3)C2)n1. The number of carbonyl (C=O) groups excluding carboxylic acids is 1. The van der Waals surface area contributed by atoms with Crippen LogP contribution in [0.1, 0.15) is 28.7 Å². The molecule has 104 valence electrons. The first kappa shape index (κ1) is 13.2. The number of aryl methyl sites for hydroxylation is 1. The van der Waals surface area contributed by atoms with E-state index in [1.54, 1.807) is 17.5 Å². The van der Waals surface area contributed by atoms with Gasteiger partial charge in [0.15, 0.2) is 0 Å². The minimum absolute atomic E-state index is 0.211. The molecule has 2 aromatic heterocycles. The van der Waals surface area contributed by atoms with Crippen molar-refractivity contribution in [2.45, 2.75) is 25.7 Å². The Hall–Kier alpha value is -1.75. The van der Waals surface area contributed by atoms with E-state index in [2.05, 4.69) is 9.97 Å². The number of aromatic nitrogens is 2. The van der Waals surface area contributed by atoms with E-state index in [-0.39, 0.29) is 11.8 Å². The van der Waals surface area contributed by atoms with Gasteiger partial charge in [0.1, 0.15) is 5.82 Å². The lowest BCUT2D eigenvalue weighted by Crippen LogP contribution is -2.29. The summed E-state index contributed by atoms with van der Waals surface area (Å²) in [5.41, 5.74) is 0.985. The highest BCUT2D eigenvalue weighted by Gasteiger charge is 2.29. The van der Waals surface area contributed by atoms with Crippen LogP contribution in [0.2, 0.25) is 0 Å². The summed E-state index contributed by atoms with van der Waals surface area (Å²) in [6.45, 7) is 3.53. The molecule has 0 bridgehead atoms. The molecule has 1 aliphatic heterocycles. The number of nitrogens with zero attached hydrogens (tertiary/aromatic N) is 3. The molecular formula is C15H17N3OS. The highest BCUT2D eigenvalue weighted by Crippen LogP contribution is 2.25. The lowest BCUT2D eigenvalue weighted by atomic mass is 10.1. The van der Waals surface area contributed by atoms with Crippen LogP contribution < -0.4 is 0 Å². The Kier molecular flexibility index (Phi) is 3.78.